The van der Waals surface area contributed by atoms with Crippen LogP contribution < -0.4 is 4.90 Å². The molecule has 0 aromatic heterocycles. The molecule has 4 nitrogen and oxygen atoms in total. The molecule has 0 atom stereocenters. The largest absolute Gasteiger partial charge is 0.311 e. The first-order valence-corrected chi connectivity index (χ1v) is 7.94. The second-order valence-corrected chi connectivity index (χ2v) is 6.55. The molecule has 0 N–H and O–H groups in total. The number of thioether (sulfide) groups is 1. The van der Waals surface area contributed by atoms with E-state index in [-0.39, 0.29) is 11.8 Å². The van der Waals surface area contributed by atoms with Crippen molar-refractivity contribution < 1.29 is 9.59 Å². The summed E-state index contributed by atoms with van der Waals surface area (Å²) in [7, 11) is 1.72. The van der Waals surface area contributed by atoms with Crippen LogP contribution in [0.2, 0.25) is 0 Å². The van der Waals surface area contributed by atoms with Gasteiger partial charge in [0.2, 0.25) is 0 Å². The van der Waals surface area contributed by atoms with E-state index in [1.165, 1.54) is 11.8 Å². The van der Waals surface area contributed by atoms with Gasteiger partial charge in [0.15, 0.2) is 0 Å². The second-order valence-electron chi connectivity index (χ2n) is 4.91. The predicted molar refractivity (Wildman–Crippen MR) is 89.0 cm³/mol. The lowest BCUT2D eigenvalue weighted by molar-refractivity contribution is -0.122. The zero-order chi connectivity index (χ0) is 15.1. The van der Waals surface area contributed by atoms with Gasteiger partial charge in [-0.15, -0.1) is 0 Å². The van der Waals surface area contributed by atoms with Crippen molar-refractivity contribution in [3.63, 3.8) is 0 Å². The predicted octanol–water partition coefficient (Wildman–Crippen LogP) is 2.64. The molecule has 0 radical (unpaired) electrons. The van der Waals surface area contributed by atoms with Crippen LogP contribution in [0.1, 0.15) is 18.9 Å². The van der Waals surface area contributed by atoms with Crippen molar-refractivity contribution in [2.45, 2.75) is 13.3 Å². The fraction of sp³-hybridized carbons (Fsp3) is 0.267. The smallest absolute Gasteiger partial charge is 0.267 e. The first-order chi connectivity index (χ1) is 10.1. The highest BCUT2D eigenvalue weighted by Gasteiger charge is 2.40. The number of amides is 2. The van der Waals surface area contributed by atoms with Gasteiger partial charge in [-0.05, 0) is 12.5 Å². The topological polar surface area (TPSA) is 40.6 Å². The number of hydrogen-bond donors (Lipinski definition) is 0. The first kappa shape index (κ1) is 14.3. The summed E-state index contributed by atoms with van der Waals surface area (Å²) in [6, 6.07) is 7.51. The highest BCUT2D eigenvalue weighted by molar-refractivity contribution is 8.26. The van der Waals surface area contributed by atoms with Crippen LogP contribution in [0.25, 0.3) is 5.57 Å². The number of thiocarbonyl (C=S) groups is 1. The minimum atomic E-state index is -0.152. The van der Waals surface area contributed by atoms with E-state index in [1.807, 2.05) is 31.2 Å². The van der Waals surface area contributed by atoms with E-state index < -0.39 is 0 Å². The molecule has 1 saturated heterocycles. The monoisotopic (exact) mass is 318 g/mol. The fourth-order valence-electron chi connectivity index (χ4n) is 2.56. The molecule has 2 heterocycles. The summed E-state index contributed by atoms with van der Waals surface area (Å²) in [4.78, 5) is 28.7. The van der Waals surface area contributed by atoms with Crippen LogP contribution in [0.3, 0.4) is 0 Å². The van der Waals surface area contributed by atoms with Crippen LogP contribution in [-0.2, 0) is 9.59 Å². The van der Waals surface area contributed by atoms with Crippen molar-refractivity contribution >= 4 is 51.4 Å². The van der Waals surface area contributed by atoms with Gasteiger partial charge in [0.25, 0.3) is 11.8 Å². The summed E-state index contributed by atoms with van der Waals surface area (Å²) >= 11 is 6.50. The van der Waals surface area contributed by atoms with Gasteiger partial charge in [-0.3, -0.25) is 14.5 Å². The maximum atomic E-state index is 12.5. The van der Waals surface area contributed by atoms with Gasteiger partial charge in [0.05, 0.1) is 16.2 Å². The molecular formula is C15H14N2O2S2. The summed E-state index contributed by atoms with van der Waals surface area (Å²) in [6.07, 6.45) is 0.833. The van der Waals surface area contributed by atoms with Gasteiger partial charge >= 0.3 is 0 Å². The van der Waals surface area contributed by atoms with Gasteiger partial charge in [0.1, 0.15) is 4.32 Å². The molecule has 2 aliphatic rings. The van der Waals surface area contributed by atoms with Crippen molar-refractivity contribution in [2.24, 2.45) is 0 Å². The van der Waals surface area contributed by atoms with Crippen molar-refractivity contribution in [3.05, 3.63) is 34.7 Å². The third-order valence-electron chi connectivity index (χ3n) is 3.58. The molecular weight excluding hydrogens is 304 g/mol. The van der Waals surface area contributed by atoms with E-state index in [0.717, 1.165) is 17.7 Å². The molecule has 0 bridgehead atoms. The van der Waals surface area contributed by atoms with Crippen LogP contribution in [0.5, 0.6) is 0 Å². The normalized spacial score (nSPS) is 21.5. The number of carbonyl (C=O) groups excluding carboxylic acids is 2. The Bertz CT molecular complexity index is 697. The summed E-state index contributed by atoms with van der Waals surface area (Å²) < 4.78 is 0.532. The fourth-order valence-corrected chi connectivity index (χ4v) is 3.94. The van der Waals surface area contributed by atoms with Crippen LogP contribution in [-0.4, -0.2) is 34.6 Å². The molecule has 0 unspecified atom stereocenters. The van der Waals surface area contributed by atoms with Crippen molar-refractivity contribution in [3.8, 4) is 0 Å². The SMILES string of the molecule is CCCN1C(=O)/C(=C2\C(=O)N(C)c3ccccc32)SC1=S. The van der Waals surface area contributed by atoms with Crippen LogP contribution in [0.15, 0.2) is 29.2 Å². The zero-order valence-corrected chi connectivity index (χ0v) is 13.4. The van der Waals surface area contributed by atoms with E-state index in [1.54, 1.807) is 16.8 Å². The van der Waals surface area contributed by atoms with E-state index >= 15 is 0 Å². The number of nitrogens with zero attached hydrogens (tertiary/aromatic N) is 2. The van der Waals surface area contributed by atoms with Gasteiger partial charge in [-0.25, -0.2) is 0 Å². The van der Waals surface area contributed by atoms with E-state index in [0.29, 0.717) is 21.3 Å². The third kappa shape index (κ3) is 2.10. The van der Waals surface area contributed by atoms with Crippen LogP contribution in [0.4, 0.5) is 5.69 Å². The maximum absolute atomic E-state index is 12.5. The molecule has 0 aliphatic carbocycles. The maximum Gasteiger partial charge on any atom is 0.267 e. The standard InChI is InChI=1S/C15H14N2O2S2/c1-3-8-17-14(19)12(21-15(17)20)11-9-6-4-5-7-10(9)16(2)13(11)18/h4-7H,3,8H2,1-2H3/b12-11+. The van der Waals surface area contributed by atoms with E-state index in [4.69, 9.17) is 12.2 Å². The molecule has 1 fully saturated rings. The van der Waals surface area contributed by atoms with Crippen molar-refractivity contribution in [1.29, 1.82) is 0 Å². The molecule has 1 aromatic carbocycles. The quantitative estimate of drug-likeness (QED) is 0.621. The molecule has 6 heteroatoms. The summed E-state index contributed by atoms with van der Waals surface area (Å²) in [6.45, 7) is 2.59. The molecule has 2 aliphatic heterocycles. The Hall–Kier alpha value is -1.66. The Labute approximate surface area is 132 Å². The molecule has 21 heavy (non-hydrogen) atoms. The van der Waals surface area contributed by atoms with Crippen LogP contribution >= 0.6 is 24.0 Å². The lowest BCUT2D eigenvalue weighted by Gasteiger charge is -2.12. The Balaban J connectivity index is 2.14. The number of para-hydroxylation sites is 1. The summed E-state index contributed by atoms with van der Waals surface area (Å²) in [5, 5.41) is 0. The molecule has 3 rings (SSSR count). The molecule has 0 saturated carbocycles. The number of likely N-dealkylation sites (N-methyl/N-ethyl adjacent to an activating group) is 1. The van der Waals surface area contributed by atoms with E-state index in [9.17, 15) is 9.59 Å². The Morgan fingerprint density at radius 3 is 2.62 bits per heavy atom. The molecule has 2 amide bonds. The number of benzene rings is 1. The van der Waals surface area contributed by atoms with Crippen molar-refractivity contribution in [2.75, 3.05) is 18.5 Å². The average molecular weight is 318 g/mol. The Morgan fingerprint density at radius 1 is 1.19 bits per heavy atom. The third-order valence-corrected chi connectivity index (χ3v) is 5.02. The van der Waals surface area contributed by atoms with Gasteiger partial charge in [-0.1, -0.05) is 49.1 Å². The summed E-state index contributed by atoms with van der Waals surface area (Å²) in [5.41, 5.74) is 2.12. The van der Waals surface area contributed by atoms with E-state index in [2.05, 4.69) is 0 Å². The summed E-state index contributed by atoms with van der Waals surface area (Å²) in [5.74, 6) is -0.298. The average Bonchev–Trinajstić information content (AvgIpc) is 2.89. The van der Waals surface area contributed by atoms with Gasteiger partial charge in [0, 0.05) is 19.2 Å². The minimum Gasteiger partial charge on any atom is -0.311 e. The Morgan fingerprint density at radius 2 is 1.90 bits per heavy atom. The highest BCUT2D eigenvalue weighted by Crippen LogP contribution is 2.43. The van der Waals surface area contributed by atoms with Gasteiger partial charge in [-0.2, -0.15) is 0 Å². The number of hydrogen-bond acceptors (Lipinski definition) is 4. The number of carbonyl (C=O) groups is 2. The van der Waals surface area contributed by atoms with Crippen LogP contribution in [0, 0.1) is 0 Å². The number of rotatable bonds is 2. The zero-order valence-electron chi connectivity index (χ0n) is 11.8. The minimum absolute atomic E-state index is 0.145. The number of fused-ring (bicyclic) bond motifs is 1. The van der Waals surface area contributed by atoms with Crippen molar-refractivity contribution in [1.82, 2.24) is 4.90 Å². The lowest BCUT2D eigenvalue weighted by atomic mass is 10.1. The van der Waals surface area contributed by atoms with Gasteiger partial charge < -0.3 is 4.90 Å². The molecule has 0 spiro atoms. The lowest BCUT2D eigenvalue weighted by Crippen LogP contribution is -2.29. The first-order valence-electron chi connectivity index (χ1n) is 6.71. The highest BCUT2D eigenvalue weighted by atomic mass is 32.2. The molecule has 108 valence electrons. The Kier molecular flexibility index (Phi) is 3.59. The molecule has 1 aromatic rings. The number of anilines is 1. The second kappa shape index (κ2) is 5.27.